The summed E-state index contributed by atoms with van der Waals surface area (Å²) < 4.78 is 2.87. The number of aromatic nitrogens is 3. The van der Waals surface area contributed by atoms with Gasteiger partial charge < -0.3 is 5.32 Å². The van der Waals surface area contributed by atoms with Crippen LogP contribution in [0.5, 0.6) is 0 Å². The van der Waals surface area contributed by atoms with E-state index in [9.17, 15) is 9.59 Å². The van der Waals surface area contributed by atoms with Gasteiger partial charge in [-0.05, 0) is 11.6 Å². The van der Waals surface area contributed by atoms with E-state index in [0.29, 0.717) is 18.9 Å². The molecule has 2 aromatic carbocycles. The number of rotatable bonds is 6. The summed E-state index contributed by atoms with van der Waals surface area (Å²) >= 11 is 0. The van der Waals surface area contributed by atoms with Gasteiger partial charge in [0.15, 0.2) is 5.82 Å². The van der Waals surface area contributed by atoms with E-state index in [4.69, 9.17) is 0 Å². The van der Waals surface area contributed by atoms with E-state index in [2.05, 4.69) is 10.4 Å². The standard InChI is InChI=1S/C20H20N4O2/c1-23-19(17-10-6-3-7-11-17)22-24(20(23)26)15-14-21-18(25)13-12-16-8-4-2-5-9-16/h2-13H,14-15H2,1H3,(H,21,25)/b13-12+. The Morgan fingerprint density at radius 2 is 1.73 bits per heavy atom. The van der Waals surface area contributed by atoms with Gasteiger partial charge >= 0.3 is 5.69 Å². The first-order chi connectivity index (χ1) is 12.6. The molecule has 1 heterocycles. The molecule has 0 spiro atoms. The van der Waals surface area contributed by atoms with Gasteiger partial charge in [0.1, 0.15) is 0 Å². The number of nitrogens with zero attached hydrogens (tertiary/aromatic N) is 3. The Labute approximate surface area is 151 Å². The second kappa shape index (κ2) is 8.11. The van der Waals surface area contributed by atoms with Gasteiger partial charge in [-0.15, -0.1) is 5.10 Å². The Morgan fingerprint density at radius 1 is 1.08 bits per heavy atom. The molecular weight excluding hydrogens is 328 g/mol. The number of benzene rings is 2. The number of hydrogen-bond acceptors (Lipinski definition) is 3. The molecule has 0 atom stereocenters. The summed E-state index contributed by atoms with van der Waals surface area (Å²) in [6.07, 6.45) is 3.22. The van der Waals surface area contributed by atoms with E-state index in [1.807, 2.05) is 60.7 Å². The Hall–Kier alpha value is -3.41. The lowest BCUT2D eigenvalue weighted by molar-refractivity contribution is -0.116. The molecular formula is C20H20N4O2. The minimum absolute atomic E-state index is 0.207. The van der Waals surface area contributed by atoms with Crippen molar-refractivity contribution < 1.29 is 4.79 Å². The van der Waals surface area contributed by atoms with Crippen molar-refractivity contribution in [2.75, 3.05) is 6.54 Å². The lowest BCUT2D eigenvalue weighted by Gasteiger charge is -2.01. The monoisotopic (exact) mass is 348 g/mol. The summed E-state index contributed by atoms with van der Waals surface area (Å²) in [6.45, 7) is 0.632. The highest BCUT2D eigenvalue weighted by atomic mass is 16.2. The van der Waals surface area contributed by atoms with Crippen molar-refractivity contribution >= 4 is 12.0 Å². The van der Waals surface area contributed by atoms with Gasteiger partial charge in [-0.3, -0.25) is 9.36 Å². The van der Waals surface area contributed by atoms with E-state index in [1.165, 1.54) is 15.3 Å². The maximum Gasteiger partial charge on any atom is 0.345 e. The first kappa shape index (κ1) is 17.4. The van der Waals surface area contributed by atoms with Crippen LogP contribution in [0.3, 0.4) is 0 Å². The van der Waals surface area contributed by atoms with Crippen LogP contribution in [0.1, 0.15) is 5.56 Å². The Bertz CT molecular complexity index is 956. The van der Waals surface area contributed by atoms with Crippen LogP contribution in [0.2, 0.25) is 0 Å². The Balaban J connectivity index is 1.59. The summed E-state index contributed by atoms with van der Waals surface area (Å²) in [4.78, 5) is 24.2. The molecule has 6 nitrogen and oxygen atoms in total. The summed E-state index contributed by atoms with van der Waals surface area (Å²) in [5, 5.41) is 7.13. The zero-order valence-electron chi connectivity index (χ0n) is 14.5. The van der Waals surface area contributed by atoms with Gasteiger partial charge in [0.2, 0.25) is 5.91 Å². The zero-order valence-corrected chi connectivity index (χ0v) is 14.5. The number of carbonyl (C=O) groups is 1. The smallest absolute Gasteiger partial charge is 0.345 e. The van der Waals surface area contributed by atoms with Crippen molar-refractivity contribution in [3.63, 3.8) is 0 Å². The van der Waals surface area contributed by atoms with Gasteiger partial charge in [0.05, 0.1) is 6.54 Å². The topological polar surface area (TPSA) is 68.9 Å². The highest BCUT2D eigenvalue weighted by Gasteiger charge is 2.11. The fraction of sp³-hybridized carbons (Fsp3) is 0.150. The molecule has 132 valence electrons. The fourth-order valence-electron chi connectivity index (χ4n) is 2.55. The minimum atomic E-state index is -0.210. The van der Waals surface area contributed by atoms with Crippen molar-refractivity contribution in [2.45, 2.75) is 6.54 Å². The summed E-state index contributed by atoms with van der Waals surface area (Å²) in [6, 6.07) is 19.1. The van der Waals surface area contributed by atoms with Crippen molar-refractivity contribution in [3.8, 4) is 11.4 Å². The van der Waals surface area contributed by atoms with Crippen LogP contribution in [-0.4, -0.2) is 26.8 Å². The molecule has 0 unspecified atom stereocenters. The van der Waals surface area contributed by atoms with Gasteiger partial charge in [-0.2, -0.15) is 0 Å². The number of hydrogen-bond donors (Lipinski definition) is 1. The highest BCUT2D eigenvalue weighted by Crippen LogP contribution is 2.13. The first-order valence-corrected chi connectivity index (χ1v) is 8.35. The molecule has 0 saturated carbocycles. The van der Waals surface area contributed by atoms with Crippen LogP contribution >= 0.6 is 0 Å². The molecule has 3 rings (SSSR count). The molecule has 1 N–H and O–H groups in total. The Kier molecular flexibility index (Phi) is 5.43. The maximum absolute atomic E-state index is 12.3. The maximum atomic E-state index is 12.3. The van der Waals surface area contributed by atoms with E-state index in [-0.39, 0.29) is 11.6 Å². The van der Waals surface area contributed by atoms with E-state index < -0.39 is 0 Å². The second-order valence-corrected chi connectivity index (χ2v) is 5.79. The van der Waals surface area contributed by atoms with E-state index >= 15 is 0 Å². The third-order valence-corrected chi connectivity index (χ3v) is 3.92. The first-order valence-electron chi connectivity index (χ1n) is 8.35. The number of carbonyl (C=O) groups excluding carboxylic acids is 1. The second-order valence-electron chi connectivity index (χ2n) is 5.79. The van der Waals surface area contributed by atoms with E-state index in [0.717, 1.165) is 11.1 Å². The lowest BCUT2D eigenvalue weighted by atomic mass is 10.2. The van der Waals surface area contributed by atoms with Crippen molar-refractivity contribution in [1.82, 2.24) is 19.7 Å². The molecule has 0 saturated heterocycles. The van der Waals surface area contributed by atoms with Crippen molar-refractivity contribution in [1.29, 1.82) is 0 Å². The molecule has 0 aliphatic heterocycles. The summed E-state index contributed by atoms with van der Waals surface area (Å²) in [5.74, 6) is 0.395. The van der Waals surface area contributed by atoms with Crippen LogP contribution < -0.4 is 11.0 Å². The minimum Gasteiger partial charge on any atom is -0.351 e. The van der Waals surface area contributed by atoms with Crippen LogP contribution in [0, 0.1) is 0 Å². The fourth-order valence-corrected chi connectivity index (χ4v) is 2.55. The number of nitrogens with one attached hydrogen (secondary N) is 1. The number of amides is 1. The summed E-state index contributed by atoms with van der Waals surface area (Å²) in [5.41, 5.74) is 1.62. The largest absolute Gasteiger partial charge is 0.351 e. The molecule has 1 aromatic heterocycles. The van der Waals surface area contributed by atoms with Crippen molar-refractivity contribution in [2.24, 2.45) is 7.05 Å². The molecule has 0 aliphatic carbocycles. The molecule has 1 amide bonds. The predicted molar refractivity (Wildman–Crippen MR) is 101 cm³/mol. The molecule has 0 radical (unpaired) electrons. The van der Waals surface area contributed by atoms with Crippen molar-refractivity contribution in [3.05, 3.63) is 82.8 Å². The average molecular weight is 348 g/mol. The predicted octanol–water partition coefficient (Wildman–Crippen LogP) is 2.08. The van der Waals surface area contributed by atoms with E-state index in [1.54, 1.807) is 13.1 Å². The van der Waals surface area contributed by atoms with Crippen LogP contribution in [0.15, 0.2) is 71.5 Å². The third kappa shape index (κ3) is 4.16. The molecule has 26 heavy (non-hydrogen) atoms. The van der Waals surface area contributed by atoms with Gasteiger partial charge in [-0.1, -0.05) is 60.7 Å². The molecule has 0 aliphatic rings. The lowest BCUT2D eigenvalue weighted by Crippen LogP contribution is -2.30. The van der Waals surface area contributed by atoms with Gasteiger partial charge in [-0.25, -0.2) is 9.48 Å². The quantitative estimate of drug-likeness (QED) is 0.694. The molecule has 0 fully saturated rings. The van der Waals surface area contributed by atoms with Gasteiger partial charge in [0, 0.05) is 25.2 Å². The van der Waals surface area contributed by atoms with Crippen LogP contribution in [0.25, 0.3) is 17.5 Å². The normalized spacial score (nSPS) is 11.0. The summed E-state index contributed by atoms with van der Waals surface area (Å²) in [7, 11) is 1.69. The molecule has 3 aromatic rings. The molecule has 0 bridgehead atoms. The Morgan fingerprint density at radius 3 is 2.42 bits per heavy atom. The zero-order chi connectivity index (χ0) is 18.4. The average Bonchev–Trinajstić information content (AvgIpc) is 2.96. The molecule has 6 heteroatoms. The third-order valence-electron chi connectivity index (χ3n) is 3.92. The highest BCUT2D eigenvalue weighted by molar-refractivity contribution is 5.91. The SMILES string of the molecule is Cn1c(-c2ccccc2)nn(CCNC(=O)/C=C/c2ccccc2)c1=O. The van der Waals surface area contributed by atoms with Gasteiger partial charge in [0.25, 0.3) is 0 Å². The van der Waals surface area contributed by atoms with Crippen LogP contribution in [0.4, 0.5) is 0 Å². The van der Waals surface area contributed by atoms with Crippen LogP contribution in [-0.2, 0) is 18.4 Å².